The fourth-order valence-corrected chi connectivity index (χ4v) is 5.67. The molecule has 138 valence electrons. The van der Waals surface area contributed by atoms with Crippen molar-refractivity contribution in [3.63, 3.8) is 0 Å². The Bertz CT molecular complexity index is 735. The first-order valence-corrected chi connectivity index (χ1v) is 9.51. The Morgan fingerprint density at radius 1 is 0.846 bits per heavy atom. The first kappa shape index (κ1) is 17.7. The van der Waals surface area contributed by atoms with E-state index in [0.29, 0.717) is 16.9 Å². The molecule has 4 rings (SSSR count). The number of halogens is 2. The molecule has 0 N–H and O–H groups in total. The molecule has 1 saturated heterocycles. The van der Waals surface area contributed by atoms with Gasteiger partial charge in [-0.2, -0.15) is 0 Å². The molecule has 1 saturated carbocycles. The molecule has 1 heterocycles. The maximum absolute atomic E-state index is 13.5. The van der Waals surface area contributed by atoms with Crippen LogP contribution in [-0.4, -0.2) is 17.5 Å². The van der Waals surface area contributed by atoms with Crippen molar-refractivity contribution in [1.29, 1.82) is 0 Å². The van der Waals surface area contributed by atoms with E-state index < -0.39 is 0 Å². The summed E-state index contributed by atoms with van der Waals surface area (Å²) in [5, 5.41) is 0. The van der Waals surface area contributed by atoms with Gasteiger partial charge in [-0.15, -0.1) is 0 Å². The molecular weight excluding hydrogens is 328 g/mol. The highest BCUT2D eigenvalue weighted by Crippen LogP contribution is 2.55. The molecular formula is C23H27F2N. The summed E-state index contributed by atoms with van der Waals surface area (Å²) in [7, 11) is 0. The molecule has 2 aliphatic rings. The van der Waals surface area contributed by atoms with E-state index in [1.165, 1.54) is 43.5 Å². The van der Waals surface area contributed by atoms with Crippen molar-refractivity contribution in [2.24, 2.45) is 10.8 Å². The molecule has 0 radical (unpaired) electrons. The molecule has 3 heteroatoms. The summed E-state index contributed by atoms with van der Waals surface area (Å²) >= 11 is 0. The molecule has 26 heavy (non-hydrogen) atoms. The molecule has 1 aliphatic heterocycles. The van der Waals surface area contributed by atoms with Crippen LogP contribution in [0.1, 0.15) is 57.2 Å². The first-order chi connectivity index (χ1) is 12.2. The van der Waals surface area contributed by atoms with E-state index in [0.717, 1.165) is 17.7 Å². The Kier molecular flexibility index (Phi) is 4.18. The van der Waals surface area contributed by atoms with Gasteiger partial charge < -0.3 is 0 Å². The van der Waals surface area contributed by atoms with Gasteiger partial charge in [0.2, 0.25) is 0 Å². The van der Waals surface area contributed by atoms with Crippen LogP contribution in [0.25, 0.3) is 0 Å². The molecule has 2 aromatic carbocycles. The number of benzene rings is 2. The zero-order chi connectivity index (χ0) is 18.5. The van der Waals surface area contributed by atoms with Crippen molar-refractivity contribution in [1.82, 2.24) is 4.90 Å². The summed E-state index contributed by atoms with van der Waals surface area (Å²) < 4.78 is 27.0. The summed E-state index contributed by atoms with van der Waals surface area (Å²) in [6.07, 6.45) is 3.60. The molecule has 0 spiro atoms. The topological polar surface area (TPSA) is 3.24 Å². The number of rotatable bonds is 3. The van der Waals surface area contributed by atoms with Crippen molar-refractivity contribution < 1.29 is 8.78 Å². The smallest absolute Gasteiger partial charge is 0.123 e. The molecule has 0 aromatic heterocycles. The molecule has 2 fully saturated rings. The van der Waals surface area contributed by atoms with Crippen LogP contribution in [-0.2, 0) is 0 Å². The van der Waals surface area contributed by atoms with Crippen LogP contribution in [0.5, 0.6) is 0 Å². The summed E-state index contributed by atoms with van der Waals surface area (Å²) in [5.74, 6) is -0.445. The van der Waals surface area contributed by atoms with Crippen LogP contribution in [0.3, 0.4) is 0 Å². The maximum Gasteiger partial charge on any atom is 0.123 e. The van der Waals surface area contributed by atoms with Crippen molar-refractivity contribution in [2.45, 2.75) is 52.1 Å². The predicted octanol–water partition coefficient (Wildman–Crippen LogP) is 5.95. The molecule has 2 aromatic rings. The largest absolute Gasteiger partial charge is 0.289 e. The lowest BCUT2D eigenvalue weighted by molar-refractivity contribution is 0.122. The molecule has 0 amide bonds. The Balaban J connectivity index is 1.76. The van der Waals surface area contributed by atoms with E-state index in [4.69, 9.17) is 0 Å². The van der Waals surface area contributed by atoms with Crippen LogP contribution in [0.2, 0.25) is 0 Å². The van der Waals surface area contributed by atoms with Crippen molar-refractivity contribution in [3.8, 4) is 0 Å². The van der Waals surface area contributed by atoms with Gasteiger partial charge in [0.25, 0.3) is 0 Å². The second-order valence-electron chi connectivity index (χ2n) is 9.39. The van der Waals surface area contributed by atoms with E-state index in [-0.39, 0.29) is 17.7 Å². The van der Waals surface area contributed by atoms with Gasteiger partial charge in [0.15, 0.2) is 0 Å². The lowest BCUT2D eigenvalue weighted by Crippen LogP contribution is -2.36. The van der Waals surface area contributed by atoms with E-state index >= 15 is 0 Å². The van der Waals surface area contributed by atoms with Gasteiger partial charge in [-0.1, -0.05) is 45.0 Å². The monoisotopic (exact) mass is 355 g/mol. The molecule has 2 bridgehead atoms. The first-order valence-electron chi connectivity index (χ1n) is 9.51. The summed E-state index contributed by atoms with van der Waals surface area (Å²) in [5.41, 5.74) is 2.80. The standard InChI is InChI=1S/C23H27F2N/c1-22(2)12-20-13-23(3,14-22)15-26(20)21(16-4-8-18(24)9-5-16)17-6-10-19(25)11-7-17/h4-11,20-21H,12-15H2,1-3H3/t20-,23-/m0/s1. The van der Waals surface area contributed by atoms with Gasteiger partial charge in [-0.05, 0) is 65.5 Å². The second-order valence-corrected chi connectivity index (χ2v) is 9.39. The lowest BCUT2D eigenvalue weighted by Gasteiger charge is -2.40. The molecule has 2 atom stereocenters. The van der Waals surface area contributed by atoms with Crippen molar-refractivity contribution in [2.75, 3.05) is 6.54 Å². The van der Waals surface area contributed by atoms with E-state index in [1.807, 2.05) is 24.3 Å². The Hall–Kier alpha value is -1.74. The van der Waals surface area contributed by atoms with Crippen LogP contribution in [0.4, 0.5) is 8.78 Å². The summed E-state index contributed by atoms with van der Waals surface area (Å²) in [6.45, 7) is 8.16. The van der Waals surface area contributed by atoms with Crippen LogP contribution in [0, 0.1) is 22.5 Å². The summed E-state index contributed by atoms with van der Waals surface area (Å²) in [6, 6.07) is 14.1. The molecule has 0 unspecified atom stereocenters. The number of likely N-dealkylation sites (tertiary alicyclic amines) is 1. The van der Waals surface area contributed by atoms with Gasteiger partial charge in [0.05, 0.1) is 6.04 Å². The Labute approximate surface area is 155 Å². The number of hydrogen-bond acceptors (Lipinski definition) is 1. The summed E-state index contributed by atoms with van der Waals surface area (Å²) in [4.78, 5) is 2.58. The predicted molar refractivity (Wildman–Crippen MR) is 101 cm³/mol. The second kappa shape index (κ2) is 6.16. The Morgan fingerprint density at radius 2 is 1.35 bits per heavy atom. The van der Waals surface area contributed by atoms with E-state index in [2.05, 4.69) is 25.7 Å². The zero-order valence-electron chi connectivity index (χ0n) is 15.8. The van der Waals surface area contributed by atoms with Crippen molar-refractivity contribution >= 4 is 0 Å². The van der Waals surface area contributed by atoms with Crippen LogP contribution >= 0.6 is 0 Å². The lowest BCUT2D eigenvalue weighted by atomic mass is 9.65. The maximum atomic E-state index is 13.5. The third-order valence-electron chi connectivity index (χ3n) is 6.16. The van der Waals surface area contributed by atoms with E-state index in [1.54, 1.807) is 0 Å². The fraction of sp³-hybridized carbons (Fsp3) is 0.478. The number of hydrogen-bond donors (Lipinski definition) is 0. The third kappa shape index (κ3) is 3.29. The van der Waals surface area contributed by atoms with Crippen LogP contribution in [0.15, 0.2) is 48.5 Å². The minimum Gasteiger partial charge on any atom is -0.289 e. The normalized spacial score (nSPS) is 27.8. The highest BCUT2D eigenvalue weighted by Gasteiger charge is 2.51. The van der Waals surface area contributed by atoms with Crippen molar-refractivity contribution in [3.05, 3.63) is 71.3 Å². The van der Waals surface area contributed by atoms with Gasteiger partial charge in [0, 0.05) is 12.6 Å². The third-order valence-corrected chi connectivity index (χ3v) is 6.16. The molecule has 1 aliphatic carbocycles. The highest BCUT2D eigenvalue weighted by atomic mass is 19.1. The van der Waals surface area contributed by atoms with Gasteiger partial charge in [-0.25, -0.2) is 8.78 Å². The average Bonchev–Trinajstić information content (AvgIpc) is 2.80. The number of fused-ring (bicyclic) bond motifs is 2. The highest BCUT2D eigenvalue weighted by molar-refractivity contribution is 5.33. The van der Waals surface area contributed by atoms with Gasteiger partial charge in [-0.3, -0.25) is 4.90 Å². The minimum absolute atomic E-state index is 0.0388. The number of nitrogens with zero attached hydrogens (tertiary/aromatic N) is 1. The fourth-order valence-electron chi connectivity index (χ4n) is 5.67. The van der Waals surface area contributed by atoms with Gasteiger partial charge >= 0.3 is 0 Å². The SMILES string of the molecule is CC1(C)C[C@H]2C[C@](C)(CN2C(c2ccc(F)cc2)c2ccc(F)cc2)C1. The Morgan fingerprint density at radius 3 is 1.85 bits per heavy atom. The van der Waals surface area contributed by atoms with Crippen LogP contribution < -0.4 is 0 Å². The quantitative estimate of drug-likeness (QED) is 0.657. The average molecular weight is 355 g/mol. The van der Waals surface area contributed by atoms with Gasteiger partial charge in [0.1, 0.15) is 11.6 Å². The van der Waals surface area contributed by atoms with E-state index in [9.17, 15) is 8.78 Å². The zero-order valence-corrected chi connectivity index (χ0v) is 15.8. The minimum atomic E-state index is -0.222. The molecule has 1 nitrogen and oxygen atoms in total.